The average Bonchev–Trinajstić information content (AvgIpc) is 2.49. The van der Waals surface area contributed by atoms with E-state index in [4.69, 9.17) is 4.74 Å². The first-order valence-corrected chi connectivity index (χ1v) is 6.73. The molecule has 0 saturated heterocycles. The molecule has 1 N–H and O–H groups in total. The topological polar surface area (TPSA) is 56.2 Å². The molecule has 0 atom stereocenters. The van der Waals surface area contributed by atoms with Gasteiger partial charge in [-0.2, -0.15) is 0 Å². The fourth-order valence-electron chi connectivity index (χ4n) is 2.49. The van der Waals surface area contributed by atoms with Crippen LogP contribution in [-0.4, -0.2) is 21.2 Å². The van der Waals surface area contributed by atoms with E-state index in [9.17, 15) is 4.79 Å². The predicted octanol–water partition coefficient (Wildman–Crippen LogP) is 2.63. The summed E-state index contributed by atoms with van der Waals surface area (Å²) < 4.78 is 7.34. The first-order chi connectivity index (χ1) is 8.72. The maximum atomic E-state index is 12.0. The van der Waals surface area contributed by atoms with Crippen molar-refractivity contribution in [2.75, 3.05) is 0 Å². The minimum Gasteiger partial charge on any atom is -0.444 e. The van der Waals surface area contributed by atoms with Gasteiger partial charge in [-0.05, 0) is 47.0 Å². The number of carbonyl (C=O) groups is 1. The minimum absolute atomic E-state index is 0.356. The highest BCUT2D eigenvalue weighted by Crippen LogP contribution is 2.40. The van der Waals surface area contributed by atoms with Crippen molar-refractivity contribution in [2.45, 2.75) is 58.1 Å². The zero-order chi connectivity index (χ0) is 14.3. The molecular formula is C14H23N3O2. The summed E-state index contributed by atoms with van der Waals surface area (Å²) in [5.74, 6) is 0.919. The fraction of sp³-hybridized carbons (Fsp3) is 0.714. The Morgan fingerprint density at radius 1 is 1.47 bits per heavy atom. The van der Waals surface area contributed by atoms with Gasteiger partial charge in [0.05, 0.1) is 5.69 Å². The molecule has 0 aliphatic heterocycles. The van der Waals surface area contributed by atoms with Crippen LogP contribution in [0.1, 0.15) is 51.6 Å². The van der Waals surface area contributed by atoms with Gasteiger partial charge in [-0.15, -0.1) is 0 Å². The van der Waals surface area contributed by atoms with Crippen LogP contribution in [0.4, 0.5) is 4.79 Å². The van der Waals surface area contributed by atoms with Gasteiger partial charge in [0.1, 0.15) is 17.0 Å². The molecule has 106 valence electrons. The number of imidazole rings is 1. The second-order valence-corrected chi connectivity index (χ2v) is 6.38. The van der Waals surface area contributed by atoms with E-state index in [0.29, 0.717) is 0 Å². The lowest BCUT2D eigenvalue weighted by atomic mass is 9.76. The third-order valence-electron chi connectivity index (χ3n) is 3.37. The number of nitrogens with zero attached hydrogens (tertiary/aromatic N) is 2. The molecule has 1 aliphatic carbocycles. The number of alkyl carbamates (subject to hydrolysis) is 1. The Morgan fingerprint density at radius 3 is 2.47 bits per heavy atom. The number of hydrogen-bond donors (Lipinski definition) is 1. The molecule has 1 aliphatic rings. The van der Waals surface area contributed by atoms with Gasteiger partial charge in [0.15, 0.2) is 0 Å². The highest BCUT2D eigenvalue weighted by molar-refractivity contribution is 5.69. The van der Waals surface area contributed by atoms with Crippen LogP contribution in [0.3, 0.4) is 0 Å². The Hall–Kier alpha value is -1.52. The van der Waals surface area contributed by atoms with Gasteiger partial charge in [0.25, 0.3) is 0 Å². The molecule has 0 bridgehead atoms. The third-order valence-corrected chi connectivity index (χ3v) is 3.37. The van der Waals surface area contributed by atoms with Crippen LogP contribution < -0.4 is 5.32 Å². The number of aryl methyl sites for hydroxylation is 2. The summed E-state index contributed by atoms with van der Waals surface area (Å²) in [4.78, 5) is 16.5. The summed E-state index contributed by atoms with van der Waals surface area (Å²) in [7, 11) is 1.96. The molecule has 1 aromatic rings. The Balaban J connectivity index is 2.16. The van der Waals surface area contributed by atoms with Crippen molar-refractivity contribution in [1.82, 2.24) is 14.9 Å². The number of nitrogens with one attached hydrogen (secondary N) is 1. The summed E-state index contributed by atoms with van der Waals surface area (Å²) in [6.45, 7) is 7.56. The third kappa shape index (κ3) is 2.91. The molecule has 1 heterocycles. The van der Waals surface area contributed by atoms with Crippen LogP contribution >= 0.6 is 0 Å². The van der Waals surface area contributed by atoms with E-state index < -0.39 is 5.60 Å². The Morgan fingerprint density at radius 2 is 2.11 bits per heavy atom. The molecule has 1 fully saturated rings. The van der Waals surface area contributed by atoms with E-state index >= 15 is 0 Å². The van der Waals surface area contributed by atoms with Gasteiger partial charge >= 0.3 is 6.09 Å². The van der Waals surface area contributed by atoms with Crippen LogP contribution in [0.5, 0.6) is 0 Å². The summed E-state index contributed by atoms with van der Waals surface area (Å²) in [6, 6.07) is 0. The van der Waals surface area contributed by atoms with Crippen LogP contribution in [0.2, 0.25) is 0 Å². The van der Waals surface area contributed by atoms with Gasteiger partial charge in [-0.3, -0.25) is 0 Å². The molecular weight excluding hydrogens is 242 g/mol. The molecule has 0 spiro atoms. The van der Waals surface area contributed by atoms with Gasteiger partial charge < -0.3 is 14.6 Å². The number of rotatable bonds is 2. The number of carbonyl (C=O) groups excluding carboxylic acids is 1. The molecule has 19 heavy (non-hydrogen) atoms. The van der Waals surface area contributed by atoms with E-state index in [1.165, 1.54) is 0 Å². The van der Waals surface area contributed by atoms with E-state index in [0.717, 1.165) is 30.8 Å². The molecule has 1 saturated carbocycles. The molecule has 1 aromatic heterocycles. The normalized spacial score (nSPS) is 17.7. The number of hydrogen-bond acceptors (Lipinski definition) is 3. The Labute approximate surface area is 114 Å². The Bertz CT molecular complexity index is 481. The van der Waals surface area contributed by atoms with Crippen molar-refractivity contribution in [2.24, 2.45) is 7.05 Å². The smallest absolute Gasteiger partial charge is 0.408 e. The number of amides is 1. The van der Waals surface area contributed by atoms with Crippen LogP contribution in [0.15, 0.2) is 6.20 Å². The zero-order valence-electron chi connectivity index (χ0n) is 12.4. The molecule has 0 radical (unpaired) electrons. The van der Waals surface area contributed by atoms with E-state index in [-0.39, 0.29) is 11.6 Å². The second kappa shape index (κ2) is 4.54. The summed E-state index contributed by atoms with van der Waals surface area (Å²) in [5.41, 5.74) is 0.132. The second-order valence-electron chi connectivity index (χ2n) is 6.38. The molecule has 0 aromatic carbocycles. The van der Waals surface area contributed by atoms with Gasteiger partial charge in [0.2, 0.25) is 0 Å². The highest BCUT2D eigenvalue weighted by atomic mass is 16.6. The van der Waals surface area contributed by atoms with Crippen molar-refractivity contribution in [3.8, 4) is 0 Å². The van der Waals surface area contributed by atoms with Gasteiger partial charge in [-0.1, -0.05) is 0 Å². The molecule has 1 amide bonds. The van der Waals surface area contributed by atoms with Crippen molar-refractivity contribution in [3.63, 3.8) is 0 Å². The monoisotopic (exact) mass is 265 g/mol. The highest BCUT2D eigenvalue weighted by Gasteiger charge is 2.44. The minimum atomic E-state index is -0.480. The van der Waals surface area contributed by atoms with Crippen LogP contribution in [-0.2, 0) is 17.3 Å². The lowest BCUT2D eigenvalue weighted by Gasteiger charge is -2.41. The SMILES string of the molecule is Cc1cn(C)c(C2(NC(=O)OC(C)(C)C)CCC2)n1. The van der Waals surface area contributed by atoms with Crippen molar-refractivity contribution in [3.05, 3.63) is 17.7 Å². The number of ether oxygens (including phenoxy) is 1. The van der Waals surface area contributed by atoms with Crippen molar-refractivity contribution < 1.29 is 9.53 Å². The quantitative estimate of drug-likeness (QED) is 0.894. The van der Waals surface area contributed by atoms with Crippen LogP contribution in [0.25, 0.3) is 0 Å². The molecule has 2 rings (SSSR count). The average molecular weight is 265 g/mol. The van der Waals surface area contributed by atoms with Crippen LogP contribution in [0, 0.1) is 6.92 Å². The zero-order valence-corrected chi connectivity index (χ0v) is 12.4. The van der Waals surface area contributed by atoms with Crippen molar-refractivity contribution in [1.29, 1.82) is 0 Å². The molecule has 5 heteroatoms. The molecule has 5 nitrogen and oxygen atoms in total. The standard InChI is InChI=1S/C14H23N3O2/c1-10-9-17(5)11(15-10)14(7-6-8-14)16-12(18)19-13(2,3)4/h9H,6-8H2,1-5H3,(H,16,18). The fourth-order valence-corrected chi connectivity index (χ4v) is 2.49. The number of aromatic nitrogens is 2. The van der Waals surface area contributed by atoms with E-state index in [2.05, 4.69) is 10.3 Å². The van der Waals surface area contributed by atoms with E-state index in [1.54, 1.807) is 0 Å². The van der Waals surface area contributed by atoms with Gasteiger partial charge in [0, 0.05) is 13.2 Å². The Kier molecular flexibility index (Phi) is 3.32. The lowest BCUT2D eigenvalue weighted by molar-refractivity contribution is 0.0361. The maximum Gasteiger partial charge on any atom is 0.408 e. The maximum absolute atomic E-state index is 12.0. The molecule has 0 unspecified atom stereocenters. The van der Waals surface area contributed by atoms with Crippen molar-refractivity contribution >= 4 is 6.09 Å². The van der Waals surface area contributed by atoms with E-state index in [1.807, 2.05) is 45.5 Å². The largest absolute Gasteiger partial charge is 0.444 e. The lowest BCUT2D eigenvalue weighted by Crippen LogP contribution is -2.53. The summed E-state index contributed by atoms with van der Waals surface area (Å²) in [6.07, 6.45) is 4.54. The predicted molar refractivity (Wildman–Crippen MR) is 72.8 cm³/mol. The van der Waals surface area contributed by atoms with Gasteiger partial charge in [-0.25, -0.2) is 9.78 Å². The first-order valence-electron chi connectivity index (χ1n) is 6.73. The summed E-state index contributed by atoms with van der Waals surface area (Å²) in [5, 5.41) is 3.01. The first kappa shape index (κ1) is 13.9. The summed E-state index contributed by atoms with van der Waals surface area (Å²) >= 11 is 0.